The molecule has 0 saturated carbocycles. The van der Waals surface area contributed by atoms with E-state index in [0.29, 0.717) is 10.2 Å². The van der Waals surface area contributed by atoms with Crippen molar-refractivity contribution >= 4 is 32.6 Å². The molecule has 1 aromatic carbocycles. The molecule has 16 heavy (non-hydrogen) atoms. The molecule has 88 valence electrons. The van der Waals surface area contributed by atoms with Crippen LogP contribution in [0.4, 0.5) is 4.39 Å². The molecule has 0 aliphatic carbocycles. The lowest BCUT2D eigenvalue weighted by Gasteiger charge is -2.06. The van der Waals surface area contributed by atoms with Crippen LogP contribution in [-0.4, -0.2) is 28.7 Å². The molecule has 3 nitrogen and oxygen atoms in total. The van der Waals surface area contributed by atoms with E-state index >= 15 is 0 Å². The number of amides is 1. The molecule has 0 heterocycles. The Labute approximate surface area is 104 Å². The summed E-state index contributed by atoms with van der Waals surface area (Å²) in [5.74, 6) is -0.724. The summed E-state index contributed by atoms with van der Waals surface area (Å²) in [5.41, 5.74) is -0.0237. The summed E-state index contributed by atoms with van der Waals surface area (Å²) in [4.78, 5) is 11.6. The van der Waals surface area contributed by atoms with Crippen molar-refractivity contribution in [3.8, 4) is 0 Å². The number of hydrogen-bond acceptors (Lipinski definition) is 2. The van der Waals surface area contributed by atoms with Gasteiger partial charge in [0.2, 0.25) is 0 Å². The normalized spacial score (nSPS) is 12.2. The maximum atomic E-state index is 13.3. The molecule has 1 amide bonds. The average molecular weight is 308 g/mol. The quantitative estimate of drug-likeness (QED) is 0.920. The molecule has 1 N–H and O–H groups in total. The van der Waals surface area contributed by atoms with Crippen molar-refractivity contribution in [3.63, 3.8) is 0 Å². The highest BCUT2D eigenvalue weighted by atomic mass is 79.9. The number of halogens is 2. The molecule has 1 unspecified atom stereocenters. The van der Waals surface area contributed by atoms with Gasteiger partial charge in [-0.05, 0) is 28.1 Å². The van der Waals surface area contributed by atoms with Crippen molar-refractivity contribution in [3.05, 3.63) is 34.1 Å². The van der Waals surface area contributed by atoms with Gasteiger partial charge in [-0.3, -0.25) is 9.00 Å². The van der Waals surface area contributed by atoms with E-state index < -0.39 is 22.5 Å². The predicted octanol–water partition coefficient (Wildman–Crippen LogP) is 1.70. The van der Waals surface area contributed by atoms with E-state index in [1.165, 1.54) is 12.1 Å². The van der Waals surface area contributed by atoms with Crippen molar-refractivity contribution in [2.45, 2.75) is 0 Å². The fourth-order valence-corrected chi connectivity index (χ4v) is 2.02. The third-order valence-electron chi connectivity index (χ3n) is 1.86. The van der Waals surface area contributed by atoms with E-state index in [0.717, 1.165) is 0 Å². The fraction of sp³-hybridized carbons (Fsp3) is 0.300. The van der Waals surface area contributed by atoms with Crippen LogP contribution in [0.15, 0.2) is 22.7 Å². The second-order valence-corrected chi connectivity index (χ2v) is 5.54. The molecule has 0 spiro atoms. The van der Waals surface area contributed by atoms with Gasteiger partial charge in [0.05, 0.1) is 5.56 Å². The lowest BCUT2D eigenvalue weighted by atomic mass is 10.2. The number of carbonyl (C=O) groups is 1. The molecule has 0 radical (unpaired) electrons. The first-order valence-electron chi connectivity index (χ1n) is 4.54. The monoisotopic (exact) mass is 307 g/mol. The van der Waals surface area contributed by atoms with Gasteiger partial charge < -0.3 is 5.32 Å². The van der Waals surface area contributed by atoms with Gasteiger partial charge in [0.15, 0.2) is 0 Å². The minimum absolute atomic E-state index is 0.0237. The molecule has 0 aliphatic rings. The van der Waals surface area contributed by atoms with Crippen molar-refractivity contribution < 1.29 is 13.4 Å². The Morgan fingerprint density at radius 2 is 2.25 bits per heavy atom. The topological polar surface area (TPSA) is 46.2 Å². The van der Waals surface area contributed by atoms with Gasteiger partial charge in [-0.25, -0.2) is 4.39 Å². The highest BCUT2D eigenvalue weighted by molar-refractivity contribution is 9.10. The van der Waals surface area contributed by atoms with Crippen molar-refractivity contribution in [1.82, 2.24) is 5.32 Å². The van der Waals surface area contributed by atoms with Crippen molar-refractivity contribution in [1.29, 1.82) is 0 Å². The molecule has 1 aromatic rings. The average Bonchev–Trinajstić information content (AvgIpc) is 2.16. The Kier molecular flexibility index (Phi) is 5.08. The van der Waals surface area contributed by atoms with E-state index in [1.54, 1.807) is 12.3 Å². The van der Waals surface area contributed by atoms with Gasteiger partial charge in [0.25, 0.3) is 5.91 Å². The Balaban J connectivity index is 2.70. The van der Waals surface area contributed by atoms with Crippen LogP contribution in [0.2, 0.25) is 0 Å². The van der Waals surface area contributed by atoms with Crippen LogP contribution >= 0.6 is 15.9 Å². The highest BCUT2D eigenvalue weighted by Gasteiger charge is 2.14. The van der Waals surface area contributed by atoms with Crippen LogP contribution in [0.1, 0.15) is 10.4 Å². The van der Waals surface area contributed by atoms with Crippen LogP contribution < -0.4 is 5.32 Å². The number of hydrogen-bond donors (Lipinski definition) is 1. The first-order chi connectivity index (χ1) is 7.52. The minimum Gasteiger partial charge on any atom is -0.351 e. The molecule has 0 fully saturated rings. The number of benzene rings is 1. The lowest BCUT2D eigenvalue weighted by molar-refractivity contribution is 0.0951. The fourth-order valence-electron chi connectivity index (χ4n) is 1.11. The van der Waals surface area contributed by atoms with E-state index in [4.69, 9.17) is 0 Å². The zero-order chi connectivity index (χ0) is 12.1. The molecule has 0 saturated heterocycles. The summed E-state index contributed by atoms with van der Waals surface area (Å²) in [5, 5.41) is 2.51. The molecule has 1 atom stereocenters. The second kappa shape index (κ2) is 6.10. The maximum absolute atomic E-state index is 13.3. The molecule has 1 rings (SSSR count). The second-order valence-electron chi connectivity index (χ2n) is 3.13. The van der Waals surface area contributed by atoms with E-state index in [1.807, 2.05) is 0 Å². The molecule has 6 heteroatoms. The predicted molar refractivity (Wildman–Crippen MR) is 65.4 cm³/mol. The molecular weight excluding hydrogens is 297 g/mol. The van der Waals surface area contributed by atoms with E-state index in [9.17, 15) is 13.4 Å². The van der Waals surface area contributed by atoms with Gasteiger partial charge >= 0.3 is 0 Å². The molecule has 0 aromatic heterocycles. The SMILES string of the molecule is CS(=O)CCNC(=O)c1c(F)cccc1Br. The largest absolute Gasteiger partial charge is 0.351 e. The third kappa shape index (κ3) is 3.68. The number of nitrogens with one attached hydrogen (secondary N) is 1. The first kappa shape index (κ1) is 13.3. The Morgan fingerprint density at radius 3 is 2.81 bits per heavy atom. The Morgan fingerprint density at radius 1 is 1.56 bits per heavy atom. The van der Waals surface area contributed by atoms with Gasteiger partial charge in [-0.1, -0.05) is 6.07 Å². The first-order valence-corrected chi connectivity index (χ1v) is 7.06. The summed E-state index contributed by atoms with van der Waals surface area (Å²) in [6.07, 6.45) is 1.55. The molecule has 0 bridgehead atoms. The summed E-state index contributed by atoms with van der Waals surface area (Å²) < 4.78 is 24.5. The number of carbonyl (C=O) groups excluding carboxylic acids is 1. The van der Waals surface area contributed by atoms with Gasteiger partial charge in [-0.15, -0.1) is 0 Å². The van der Waals surface area contributed by atoms with Crippen LogP contribution in [0.3, 0.4) is 0 Å². The Bertz CT molecular complexity index is 405. The van der Waals surface area contributed by atoms with Crippen molar-refractivity contribution in [2.24, 2.45) is 0 Å². The Hall–Kier alpha value is -0.750. The molecule has 0 aliphatic heterocycles. The zero-order valence-electron chi connectivity index (χ0n) is 8.63. The standard InChI is InChI=1S/C10H11BrFNO2S/c1-16(15)6-5-13-10(14)9-7(11)3-2-4-8(9)12/h2-4H,5-6H2,1H3,(H,13,14). The maximum Gasteiger partial charge on any atom is 0.255 e. The summed E-state index contributed by atoms with van der Waals surface area (Å²) >= 11 is 3.11. The summed E-state index contributed by atoms with van der Waals surface area (Å²) in [7, 11) is -0.969. The molecular formula is C10H11BrFNO2S. The third-order valence-corrected chi connectivity index (χ3v) is 3.30. The van der Waals surface area contributed by atoms with Crippen molar-refractivity contribution in [2.75, 3.05) is 18.6 Å². The van der Waals surface area contributed by atoms with E-state index in [-0.39, 0.29) is 12.1 Å². The van der Waals surface area contributed by atoms with Gasteiger partial charge in [-0.2, -0.15) is 0 Å². The van der Waals surface area contributed by atoms with Gasteiger partial charge in [0.1, 0.15) is 5.82 Å². The van der Waals surface area contributed by atoms with Crippen LogP contribution in [0, 0.1) is 5.82 Å². The van der Waals surface area contributed by atoms with Gasteiger partial charge in [0, 0.05) is 33.8 Å². The lowest BCUT2D eigenvalue weighted by Crippen LogP contribution is -2.28. The van der Waals surface area contributed by atoms with Crippen LogP contribution in [0.5, 0.6) is 0 Å². The highest BCUT2D eigenvalue weighted by Crippen LogP contribution is 2.19. The summed E-state index contributed by atoms with van der Waals surface area (Å²) in [6, 6.07) is 4.32. The summed E-state index contributed by atoms with van der Waals surface area (Å²) in [6.45, 7) is 0.267. The zero-order valence-corrected chi connectivity index (χ0v) is 11.0. The minimum atomic E-state index is -0.969. The van der Waals surface area contributed by atoms with Crippen LogP contribution in [0.25, 0.3) is 0 Å². The number of rotatable bonds is 4. The van der Waals surface area contributed by atoms with Crippen LogP contribution in [-0.2, 0) is 10.8 Å². The van der Waals surface area contributed by atoms with E-state index in [2.05, 4.69) is 21.2 Å². The smallest absolute Gasteiger partial charge is 0.255 e.